The van der Waals surface area contributed by atoms with Gasteiger partial charge in [0.1, 0.15) is 0 Å². The number of ether oxygens (including phenoxy) is 1. The average molecular weight is 227 g/mol. The Morgan fingerprint density at radius 1 is 1.33 bits per heavy atom. The summed E-state index contributed by atoms with van der Waals surface area (Å²) in [6.07, 6.45) is 1.04. The molecule has 0 amide bonds. The van der Waals surface area contributed by atoms with E-state index < -0.39 is 0 Å². The highest BCUT2D eigenvalue weighted by atomic mass is 32.1. The molecule has 0 aliphatic carbocycles. The summed E-state index contributed by atoms with van der Waals surface area (Å²) >= 11 is 1.86. The third-order valence-electron chi connectivity index (χ3n) is 2.09. The van der Waals surface area contributed by atoms with Crippen molar-refractivity contribution in [1.29, 1.82) is 0 Å². The molecule has 86 valence electrons. The molecule has 0 saturated carbocycles. The minimum atomic E-state index is 0.550. The van der Waals surface area contributed by atoms with Gasteiger partial charge in [0.25, 0.3) is 0 Å². The molecule has 1 N–H and O–H groups in total. The Labute approximate surface area is 96.7 Å². The van der Waals surface area contributed by atoms with Gasteiger partial charge in [-0.3, -0.25) is 0 Å². The quantitative estimate of drug-likeness (QED) is 0.723. The summed E-state index contributed by atoms with van der Waals surface area (Å²) < 4.78 is 5.54. The predicted molar refractivity (Wildman–Crippen MR) is 66.7 cm³/mol. The van der Waals surface area contributed by atoms with E-state index in [1.54, 1.807) is 0 Å². The number of rotatable bonds is 7. The van der Waals surface area contributed by atoms with Crippen molar-refractivity contribution in [1.82, 2.24) is 5.32 Å². The second-order valence-electron chi connectivity index (χ2n) is 3.98. The number of hydrogen-bond donors (Lipinski definition) is 1. The van der Waals surface area contributed by atoms with Gasteiger partial charge in [-0.15, -0.1) is 11.3 Å². The zero-order valence-electron chi connectivity index (χ0n) is 9.88. The first-order chi connectivity index (χ1) is 7.18. The van der Waals surface area contributed by atoms with E-state index in [1.165, 1.54) is 9.75 Å². The van der Waals surface area contributed by atoms with Crippen LogP contribution in [0.25, 0.3) is 0 Å². The van der Waals surface area contributed by atoms with Crippen LogP contribution in [0.5, 0.6) is 0 Å². The van der Waals surface area contributed by atoms with Gasteiger partial charge in [-0.2, -0.15) is 0 Å². The maximum atomic E-state index is 5.54. The van der Waals surface area contributed by atoms with Crippen molar-refractivity contribution >= 4 is 11.3 Å². The number of hydrogen-bond acceptors (Lipinski definition) is 3. The van der Waals surface area contributed by atoms with Crippen LogP contribution in [0.2, 0.25) is 0 Å². The summed E-state index contributed by atoms with van der Waals surface area (Å²) in [6, 6.07) is 4.91. The fourth-order valence-electron chi connectivity index (χ4n) is 1.31. The molecule has 0 radical (unpaired) electrons. The van der Waals surface area contributed by atoms with Crippen LogP contribution in [0.15, 0.2) is 12.1 Å². The number of nitrogens with one attached hydrogen (secondary N) is 1. The van der Waals surface area contributed by atoms with Crippen molar-refractivity contribution in [2.45, 2.75) is 33.2 Å². The van der Waals surface area contributed by atoms with Crippen molar-refractivity contribution in [3.63, 3.8) is 0 Å². The van der Waals surface area contributed by atoms with Crippen LogP contribution in [0.1, 0.15) is 23.6 Å². The molecule has 0 spiro atoms. The van der Waals surface area contributed by atoms with Crippen molar-refractivity contribution < 1.29 is 4.74 Å². The van der Waals surface area contributed by atoms with Crippen molar-refractivity contribution in [3.8, 4) is 0 Å². The summed E-state index contributed by atoms with van der Waals surface area (Å²) in [5, 5.41) is 3.33. The standard InChI is InChI=1S/C12H21NOS/c1-10(2)13-7-9-14-8-6-12-5-4-11(3)15-12/h4-5,10,13H,6-9H2,1-3H3. The molecular weight excluding hydrogens is 206 g/mol. The second-order valence-corrected chi connectivity index (χ2v) is 5.36. The Hall–Kier alpha value is -0.380. The maximum Gasteiger partial charge on any atom is 0.0591 e. The highest BCUT2D eigenvalue weighted by Crippen LogP contribution is 2.15. The first-order valence-corrected chi connectivity index (χ1v) is 6.36. The Bertz CT molecular complexity index is 270. The fraction of sp³-hybridized carbons (Fsp3) is 0.667. The molecule has 0 fully saturated rings. The van der Waals surface area contributed by atoms with Crippen LogP contribution in [0.4, 0.5) is 0 Å². The molecule has 1 rings (SSSR count). The lowest BCUT2D eigenvalue weighted by Gasteiger charge is -2.07. The second kappa shape index (κ2) is 6.99. The van der Waals surface area contributed by atoms with E-state index in [4.69, 9.17) is 4.74 Å². The first-order valence-electron chi connectivity index (χ1n) is 5.55. The molecule has 0 atom stereocenters. The van der Waals surface area contributed by atoms with Gasteiger partial charge in [-0.25, -0.2) is 0 Å². The smallest absolute Gasteiger partial charge is 0.0591 e. The summed E-state index contributed by atoms with van der Waals surface area (Å²) in [5.41, 5.74) is 0. The van der Waals surface area contributed by atoms with Gasteiger partial charge < -0.3 is 10.1 Å². The van der Waals surface area contributed by atoms with E-state index >= 15 is 0 Å². The number of aryl methyl sites for hydroxylation is 1. The van der Waals surface area contributed by atoms with Crippen molar-refractivity contribution in [2.75, 3.05) is 19.8 Å². The van der Waals surface area contributed by atoms with Crippen molar-refractivity contribution in [2.24, 2.45) is 0 Å². The predicted octanol–water partition coefficient (Wildman–Crippen LogP) is 2.61. The molecule has 1 aromatic heterocycles. The molecule has 1 heterocycles. The normalized spacial score (nSPS) is 11.2. The Morgan fingerprint density at radius 3 is 2.73 bits per heavy atom. The zero-order chi connectivity index (χ0) is 11.1. The van der Waals surface area contributed by atoms with Crippen LogP contribution >= 0.6 is 11.3 Å². The molecule has 0 unspecified atom stereocenters. The molecule has 0 aromatic carbocycles. The molecule has 1 aromatic rings. The molecule has 0 saturated heterocycles. The van der Waals surface area contributed by atoms with Gasteiger partial charge in [0.15, 0.2) is 0 Å². The van der Waals surface area contributed by atoms with Gasteiger partial charge in [0, 0.05) is 28.8 Å². The first kappa shape index (κ1) is 12.7. The Kier molecular flexibility index (Phi) is 5.91. The largest absolute Gasteiger partial charge is 0.380 e. The monoisotopic (exact) mass is 227 g/mol. The molecule has 0 aliphatic heterocycles. The molecule has 0 aliphatic rings. The minimum Gasteiger partial charge on any atom is -0.380 e. The molecular formula is C12H21NOS. The van der Waals surface area contributed by atoms with E-state index in [1.807, 2.05) is 11.3 Å². The van der Waals surface area contributed by atoms with Crippen LogP contribution < -0.4 is 5.32 Å². The molecule has 15 heavy (non-hydrogen) atoms. The molecule has 0 bridgehead atoms. The minimum absolute atomic E-state index is 0.550. The van der Waals surface area contributed by atoms with Gasteiger partial charge in [-0.1, -0.05) is 13.8 Å². The summed E-state index contributed by atoms with van der Waals surface area (Å²) in [5.74, 6) is 0. The van der Waals surface area contributed by atoms with Crippen molar-refractivity contribution in [3.05, 3.63) is 21.9 Å². The Morgan fingerprint density at radius 2 is 2.13 bits per heavy atom. The highest BCUT2D eigenvalue weighted by Gasteiger charge is 1.97. The van der Waals surface area contributed by atoms with E-state index in [9.17, 15) is 0 Å². The van der Waals surface area contributed by atoms with E-state index in [2.05, 4.69) is 38.2 Å². The zero-order valence-corrected chi connectivity index (χ0v) is 10.7. The lowest BCUT2D eigenvalue weighted by atomic mass is 10.3. The summed E-state index contributed by atoms with van der Waals surface area (Å²) in [6.45, 7) is 9.02. The summed E-state index contributed by atoms with van der Waals surface area (Å²) in [7, 11) is 0. The highest BCUT2D eigenvalue weighted by molar-refractivity contribution is 7.11. The van der Waals surface area contributed by atoms with Crippen LogP contribution in [0.3, 0.4) is 0 Å². The third kappa shape index (κ3) is 5.92. The van der Waals surface area contributed by atoms with Crippen LogP contribution in [-0.2, 0) is 11.2 Å². The molecule has 3 heteroatoms. The average Bonchev–Trinajstić information content (AvgIpc) is 2.57. The topological polar surface area (TPSA) is 21.3 Å². The van der Waals surface area contributed by atoms with Gasteiger partial charge in [0.2, 0.25) is 0 Å². The SMILES string of the molecule is Cc1ccc(CCOCCNC(C)C)s1. The van der Waals surface area contributed by atoms with E-state index in [-0.39, 0.29) is 0 Å². The van der Waals surface area contributed by atoms with Crippen LogP contribution in [0, 0.1) is 6.92 Å². The summed E-state index contributed by atoms with van der Waals surface area (Å²) in [4.78, 5) is 2.80. The maximum absolute atomic E-state index is 5.54. The van der Waals surface area contributed by atoms with E-state index in [0.29, 0.717) is 6.04 Å². The molecule has 2 nitrogen and oxygen atoms in total. The lowest BCUT2D eigenvalue weighted by molar-refractivity contribution is 0.138. The van der Waals surface area contributed by atoms with Gasteiger partial charge in [-0.05, 0) is 19.1 Å². The van der Waals surface area contributed by atoms with Gasteiger partial charge in [0.05, 0.1) is 13.2 Å². The third-order valence-corrected chi connectivity index (χ3v) is 3.15. The number of thiophene rings is 1. The fourth-order valence-corrected chi connectivity index (χ4v) is 2.19. The Balaban J connectivity index is 1.98. The van der Waals surface area contributed by atoms with E-state index in [0.717, 1.165) is 26.2 Å². The van der Waals surface area contributed by atoms with Gasteiger partial charge >= 0.3 is 0 Å². The lowest BCUT2D eigenvalue weighted by Crippen LogP contribution is -2.26. The van der Waals surface area contributed by atoms with Crippen LogP contribution in [-0.4, -0.2) is 25.8 Å².